The third-order valence-electron chi connectivity index (χ3n) is 6.23. The highest BCUT2D eigenvalue weighted by Crippen LogP contribution is 2.26. The monoisotopic (exact) mass is 540 g/mol. The Morgan fingerprint density at radius 1 is 1.00 bits per heavy atom. The number of hydrogen-bond acceptors (Lipinski definition) is 5. The van der Waals surface area contributed by atoms with E-state index in [1.54, 1.807) is 18.2 Å². The number of ether oxygens (including phenoxy) is 2. The third-order valence-corrected chi connectivity index (χ3v) is 6.82. The Hall–Kier alpha value is -3.55. The number of hydrogen-bond donors (Lipinski definition) is 1. The van der Waals surface area contributed by atoms with Crippen LogP contribution in [0.25, 0.3) is 0 Å². The van der Waals surface area contributed by atoms with E-state index in [9.17, 15) is 14.4 Å². The maximum absolute atomic E-state index is 13.5. The zero-order valence-corrected chi connectivity index (χ0v) is 21.7. The number of fused-ring (bicyclic) bond motifs is 1. The highest BCUT2D eigenvalue weighted by Gasteiger charge is 2.37. The fourth-order valence-electron chi connectivity index (χ4n) is 4.26. The first-order chi connectivity index (χ1) is 17.9. The number of nitrogens with one attached hydrogen (secondary N) is 1. The number of nitrogens with zero attached hydrogens (tertiary/aromatic N) is 1. The molecule has 0 saturated heterocycles. The molecule has 192 valence electrons. The summed E-state index contributed by atoms with van der Waals surface area (Å²) in [4.78, 5) is 40.6. The largest absolute Gasteiger partial charge is 0.467 e. The lowest BCUT2D eigenvalue weighted by Gasteiger charge is -2.35. The van der Waals surface area contributed by atoms with Gasteiger partial charge in [-0.25, -0.2) is 9.59 Å². The number of carbonyl (C=O) groups is 3. The molecule has 1 aliphatic rings. The fourth-order valence-corrected chi connectivity index (χ4v) is 4.75. The first kappa shape index (κ1) is 26.5. The van der Waals surface area contributed by atoms with Crippen molar-refractivity contribution in [3.05, 3.63) is 105 Å². The summed E-state index contributed by atoms with van der Waals surface area (Å²) in [6.45, 7) is 0.278. The Morgan fingerprint density at radius 2 is 1.70 bits per heavy atom. The highest BCUT2D eigenvalue weighted by molar-refractivity contribution is 6.35. The maximum Gasteiger partial charge on any atom is 0.411 e. The van der Waals surface area contributed by atoms with Crippen molar-refractivity contribution in [2.45, 2.75) is 38.1 Å². The van der Waals surface area contributed by atoms with E-state index in [4.69, 9.17) is 32.7 Å². The number of halogens is 2. The van der Waals surface area contributed by atoms with Gasteiger partial charge in [0, 0.05) is 22.9 Å². The normalized spacial score (nSPS) is 15.3. The molecule has 9 heteroatoms. The van der Waals surface area contributed by atoms with Crippen LogP contribution in [0.3, 0.4) is 0 Å². The van der Waals surface area contributed by atoms with Crippen LogP contribution < -0.4 is 5.32 Å². The topological polar surface area (TPSA) is 84.9 Å². The number of carbonyl (C=O) groups excluding carboxylic acids is 3. The summed E-state index contributed by atoms with van der Waals surface area (Å²) in [6, 6.07) is 19.9. The summed E-state index contributed by atoms with van der Waals surface area (Å²) in [7, 11) is 1.25. The van der Waals surface area contributed by atoms with Gasteiger partial charge < -0.3 is 14.8 Å². The van der Waals surface area contributed by atoms with Crippen LogP contribution in [0.15, 0.2) is 72.8 Å². The van der Waals surface area contributed by atoms with Crippen molar-refractivity contribution in [3.63, 3.8) is 0 Å². The molecule has 1 aliphatic heterocycles. The number of amides is 2. The molecule has 0 spiro atoms. The number of esters is 1. The van der Waals surface area contributed by atoms with Crippen LogP contribution in [-0.4, -0.2) is 42.1 Å². The van der Waals surface area contributed by atoms with Crippen molar-refractivity contribution in [2.24, 2.45) is 0 Å². The Kier molecular flexibility index (Phi) is 8.69. The molecule has 0 fully saturated rings. The lowest BCUT2D eigenvalue weighted by Crippen LogP contribution is -2.56. The summed E-state index contributed by atoms with van der Waals surface area (Å²) in [6.07, 6.45) is -0.248. The van der Waals surface area contributed by atoms with E-state index in [0.717, 1.165) is 16.7 Å². The van der Waals surface area contributed by atoms with E-state index < -0.39 is 30.1 Å². The van der Waals surface area contributed by atoms with Gasteiger partial charge in [0.15, 0.2) is 0 Å². The summed E-state index contributed by atoms with van der Waals surface area (Å²) in [5.74, 6) is -1.12. The smallest absolute Gasteiger partial charge is 0.411 e. The Bertz CT molecular complexity index is 1280. The van der Waals surface area contributed by atoms with Gasteiger partial charge in [0.25, 0.3) is 0 Å². The zero-order chi connectivity index (χ0) is 26.4. The van der Waals surface area contributed by atoms with Crippen molar-refractivity contribution < 1.29 is 23.9 Å². The van der Waals surface area contributed by atoms with Gasteiger partial charge in [-0.15, -0.1) is 0 Å². The Labute approximate surface area is 225 Å². The van der Waals surface area contributed by atoms with Crippen molar-refractivity contribution in [1.29, 1.82) is 0 Å². The second-order valence-electron chi connectivity index (χ2n) is 8.68. The molecule has 7 nitrogen and oxygen atoms in total. The van der Waals surface area contributed by atoms with E-state index in [2.05, 4.69) is 5.32 Å². The van der Waals surface area contributed by atoms with E-state index in [0.29, 0.717) is 15.6 Å². The summed E-state index contributed by atoms with van der Waals surface area (Å²) >= 11 is 12.3. The molecule has 3 aromatic rings. The molecule has 0 unspecified atom stereocenters. The van der Waals surface area contributed by atoms with Gasteiger partial charge in [-0.05, 0) is 34.4 Å². The quantitative estimate of drug-likeness (QED) is 0.428. The van der Waals surface area contributed by atoms with Crippen LogP contribution in [0.4, 0.5) is 4.79 Å². The van der Waals surface area contributed by atoms with Gasteiger partial charge in [-0.3, -0.25) is 9.69 Å². The summed E-state index contributed by atoms with van der Waals surface area (Å²) in [5.41, 5.74) is 3.33. The predicted octanol–water partition coefficient (Wildman–Crippen LogP) is 4.96. The number of rotatable bonds is 7. The van der Waals surface area contributed by atoms with Crippen molar-refractivity contribution in [1.82, 2.24) is 10.2 Å². The van der Waals surface area contributed by atoms with Gasteiger partial charge in [0.1, 0.15) is 18.7 Å². The van der Waals surface area contributed by atoms with Gasteiger partial charge >= 0.3 is 12.1 Å². The number of benzene rings is 3. The molecule has 2 atom stereocenters. The highest BCUT2D eigenvalue weighted by atomic mass is 35.5. The SMILES string of the molecule is COC(=O)[C@@H](Cc1ccc(Cl)cc1Cl)NC(=O)[C@@H]1Cc2ccccc2CN1C(=O)OCc1ccccc1. The lowest BCUT2D eigenvalue weighted by molar-refractivity contribution is -0.145. The maximum atomic E-state index is 13.5. The molecule has 2 amide bonds. The van der Waals surface area contributed by atoms with E-state index >= 15 is 0 Å². The van der Waals surface area contributed by atoms with Crippen LogP contribution >= 0.6 is 23.2 Å². The van der Waals surface area contributed by atoms with Crippen LogP contribution in [0, 0.1) is 0 Å². The van der Waals surface area contributed by atoms with Crippen LogP contribution in [0.5, 0.6) is 0 Å². The van der Waals surface area contributed by atoms with E-state index in [1.165, 1.54) is 12.0 Å². The minimum Gasteiger partial charge on any atom is -0.467 e. The molecule has 0 bridgehead atoms. The van der Waals surface area contributed by atoms with Gasteiger partial charge in [0.05, 0.1) is 13.7 Å². The fraction of sp³-hybridized carbons (Fsp3) is 0.250. The van der Waals surface area contributed by atoms with Crippen LogP contribution in [0.1, 0.15) is 22.3 Å². The summed E-state index contributed by atoms with van der Waals surface area (Å²) in [5, 5.41) is 3.59. The van der Waals surface area contributed by atoms with Crippen LogP contribution in [0.2, 0.25) is 10.0 Å². The minimum absolute atomic E-state index is 0.0754. The first-order valence-corrected chi connectivity index (χ1v) is 12.5. The van der Waals surface area contributed by atoms with Crippen molar-refractivity contribution >= 4 is 41.2 Å². The molecule has 1 N–H and O–H groups in total. The molecule has 0 radical (unpaired) electrons. The minimum atomic E-state index is -1.02. The van der Waals surface area contributed by atoms with Gasteiger partial charge in [0.2, 0.25) is 5.91 Å². The second kappa shape index (κ2) is 12.1. The molecular formula is C28H26Cl2N2O5. The lowest BCUT2D eigenvalue weighted by atomic mass is 9.93. The van der Waals surface area contributed by atoms with Crippen molar-refractivity contribution in [2.75, 3.05) is 7.11 Å². The zero-order valence-electron chi connectivity index (χ0n) is 20.2. The molecule has 0 saturated carbocycles. The molecule has 4 rings (SSSR count). The van der Waals surface area contributed by atoms with E-state index in [-0.39, 0.29) is 26.0 Å². The Morgan fingerprint density at radius 3 is 2.41 bits per heavy atom. The third kappa shape index (κ3) is 6.61. The van der Waals surface area contributed by atoms with E-state index in [1.807, 2.05) is 54.6 Å². The first-order valence-electron chi connectivity index (χ1n) is 11.7. The molecule has 3 aromatic carbocycles. The molecule has 0 aromatic heterocycles. The predicted molar refractivity (Wildman–Crippen MR) is 140 cm³/mol. The molecule has 1 heterocycles. The van der Waals surface area contributed by atoms with Gasteiger partial charge in [-0.2, -0.15) is 0 Å². The molecule has 0 aliphatic carbocycles. The number of methoxy groups -OCH3 is 1. The van der Waals surface area contributed by atoms with Crippen LogP contribution in [-0.2, 0) is 45.1 Å². The average molecular weight is 541 g/mol. The standard InChI is InChI=1S/C28H26Cl2N2O5/c1-36-27(34)24(13-20-11-12-22(29)15-23(20)30)31-26(33)25-14-19-9-5-6-10-21(19)16-32(25)28(35)37-17-18-7-3-2-4-8-18/h2-12,15,24-25H,13-14,16-17H2,1H3,(H,31,33)/t24-,25+/m1/s1. The molecule has 37 heavy (non-hydrogen) atoms. The van der Waals surface area contributed by atoms with Gasteiger partial charge in [-0.1, -0.05) is 83.9 Å². The van der Waals surface area contributed by atoms with Crippen molar-refractivity contribution in [3.8, 4) is 0 Å². The molecular weight excluding hydrogens is 515 g/mol. The Balaban J connectivity index is 1.54. The summed E-state index contributed by atoms with van der Waals surface area (Å²) < 4.78 is 10.5. The average Bonchev–Trinajstić information content (AvgIpc) is 2.92. The second-order valence-corrected chi connectivity index (χ2v) is 9.52.